The van der Waals surface area contributed by atoms with E-state index in [1.165, 1.54) is 29.5 Å². The third kappa shape index (κ3) is 4.89. The van der Waals surface area contributed by atoms with Crippen molar-refractivity contribution in [1.82, 2.24) is 10.7 Å². The second-order valence-corrected chi connectivity index (χ2v) is 7.54. The van der Waals surface area contributed by atoms with E-state index in [4.69, 9.17) is 23.2 Å². The molecule has 2 amide bonds. The molecule has 0 fully saturated rings. The molecule has 2 aromatic carbocycles. The van der Waals surface area contributed by atoms with Crippen molar-refractivity contribution in [1.29, 1.82) is 0 Å². The van der Waals surface area contributed by atoms with Crippen molar-refractivity contribution in [3.63, 3.8) is 0 Å². The molecule has 3 aromatic rings. The van der Waals surface area contributed by atoms with Gasteiger partial charge in [0.1, 0.15) is 4.88 Å². The van der Waals surface area contributed by atoms with Crippen LogP contribution < -0.4 is 10.7 Å². The van der Waals surface area contributed by atoms with Crippen LogP contribution in [-0.4, -0.2) is 29.5 Å². The molecular weight excluding hydrogens is 439 g/mol. The second-order valence-electron chi connectivity index (χ2n) is 5.68. The molecule has 0 aliphatic heterocycles. The van der Waals surface area contributed by atoms with Crippen molar-refractivity contribution in [2.24, 2.45) is 5.10 Å². The number of nitro groups is 1. The minimum atomic E-state index is -0.614. The van der Waals surface area contributed by atoms with E-state index in [0.717, 1.165) is 16.3 Å². The van der Waals surface area contributed by atoms with Crippen molar-refractivity contribution < 1.29 is 14.5 Å². The molecule has 1 heterocycles. The van der Waals surface area contributed by atoms with Gasteiger partial charge in [-0.25, -0.2) is 5.43 Å². The minimum absolute atomic E-state index is 0.129. The summed E-state index contributed by atoms with van der Waals surface area (Å²) in [6.07, 6.45) is 1.10. The number of hydrogen-bond acceptors (Lipinski definition) is 6. The zero-order chi connectivity index (χ0) is 21.0. The number of thiophene rings is 1. The lowest BCUT2D eigenvalue weighted by Crippen LogP contribution is -2.34. The van der Waals surface area contributed by atoms with Crippen LogP contribution in [0.15, 0.2) is 47.6 Å². The topological polar surface area (TPSA) is 114 Å². The Labute approximate surface area is 178 Å². The van der Waals surface area contributed by atoms with Crippen LogP contribution in [-0.2, 0) is 4.79 Å². The Bertz CT molecular complexity index is 1150. The number of carbonyl (C=O) groups excluding carboxylic acids is 2. The molecule has 0 saturated heterocycles. The number of nitrogens with zero attached hydrogens (tertiary/aromatic N) is 2. The summed E-state index contributed by atoms with van der Waals surface area (Å²) >= 11 is 13.3. The SMILES string of the molecule is O=C(CNC(=O)c1sc2ccccc2c1Cl)N/N=C\c1cc(Cl)ccc1[N+](=O)[O-]. The number of halogens is 2. The first-order valence-corrected chi connectivity index (χ1v) is 9.65. The van der Waals surface area contributed by atoms with Gasteiger partial charge in [-0.2, -0.15) is 5.10 Å². The van der Waals surface area contributed by atoms with E-state index < -0.39 is 16.7 Å². The van der Waals surface area contributed by atoms with Crippen LogP contribution in [0.5, 0.6) is 0 Å². The van der Waals surface area contributed by atoms with Gasteiger partial charge in [0.25, 0.3) is 17.5 Å². The Morgan fingerprint density at radius 2 is 1.97 bits per heavy atom. The van der Waals surface area contributed by atoms with Crippen LogP contribution in [0.2, 0.25) is 10.0 Å². The average molecular weight is 451 g/mol. The average Bonchev–Trinajstić information content (AvgIpc) is 3.03. The Morgan fingerprint density at radius 1 is 1.21 bits per heavy atom. The van der Waals surface area contributed by atoms with Crippen LogP contribution in [0.1, 0.15) is 15.2 Å². The first kappa shape index (κ1) is 20.7. The molecule has 0 aliphatic rings. The Morgan fingerprint density at radius 3 is 2.69 bits per heavy atom. The highest BCUT2D eigenvalue weighted by Crippen LogP contribution is 2.34. The number of amides is 2. The molecule has 0 saturated carbocycles. The molecule has 8 nitrogen and oxygen atoms in total. The monoisotopic (exact) mass is 450 g/mol. The van der Waals surface area contributed by atoms with Gasteiger partial charge >= 0.3 is 0 Å². The number of carbonyl (C=O) groups is 2. The summed E-state index contributed by atoms with van der Waals surface area (Å²) in [7, 11) is 0. The molecule has 0 aliphatic carbocycles. The highest BCUT2D eigenvalue weighted by Gasteiger charge is 2.17. The van der Waals surface area contributed by atoms with Gasteiger partial charge in [0.15, 0.2) is 0 Å². The van der Waals surface area contributed by atoms with Crippen LogP contribution in [0.3, 0.4) is 0 Å². The number of benzene rings is 2. The quantitative estimate of drug-likeness (QED) is 0.335. The van der Waals surface area contributed by atoms with Gasteiger partial charge < -0.3 is 5.32 Å². The van der Waals surface area contributed by atoms with Crippen molar-refractivity contribution in [3.05, 3.63) is 73.1 Å². The predicted molar refractivity (Wildman–Crippen MR) is 113 cm³/mol. The maximum atomic E-state index is 12.3. The third-order valence-corrected chi connectivity index (χ3v) is 5.64. The fraction of sp³-hybridized carbons (Fsp3) is 0.0556. The fourth-order valence-electron chi connectivity index (χ4n) is 2.41. The van der Waals surface area contributed by atoms with E-state index in [0.29, 0.717) is 9.90 Å². The van der Waals surface area contributed by atoms with Gasteiger partial charge in [0.05, 0.1) is 28.3 Å². The second kappa shape index (κ2) is 8.99. The first-order chi connectivity index (χ1) is 13.9. The standard InChI is InChI=1S/C18H12Cl2N4O4S/c19-11-5-6-13(24(27)28)10(7-11)8-22-23-15(25)9-21-18(26)17-16(20)12-3-1-2-4-14(12)29-17/h1-8H,9H2,(H,21,26)(H,23,25)/b22-8-. The first-order valence-electron chi connectivity index (χ1n) is 8.08. The lowest BCUT2D eigenvalue weighted by molar-refractivity contribution is -0.385. The molecule has 148 valence electrons. The Balaban J connectivity index is 1.59. The van der Waals surface area contributed by atoms with Gasteiger partial charge in [0, 0.05) is 21.2 Å². The summed E-state index contributed by atoms with van der Waals surface area (Å²) in [6, 6.07) is 11.3. The molecule has 0 radical (unpaired) electrons. The van der Waals surface area contributed by atoms with E-state index in [9.17, 15) is 19.7 Å². The molecule has 0 bridgehead atoms. The van der Waals surface area contributed by atoms with Gasteiger partial charge in [-0.1, -0.05) is 41.4 Å². The summed E-state index contributed by atoms with van der Waals surface area (Å²) < 4.78 is 0.861. The lowest BCUT2D eigenvalue weighted by Gasteiger charge is -2.03. The highest BCUT2D eigenvalue weighted by molar-refractivity contribution is 7.21. The molecule has 0 atom stereocenters. The number of nitrogens with one attached hydrogen (secondary N) is 2. The van der Waals surface area contributed by atoms with E-state index in [1.807, 2.05) is 18.2 Å². The van der Waals surface area contributed by atoms with Crippen LogP contribution in [0.4, 0.5) is 5.69 Å². The van der Waals surface area contributed by atoms with Crippen LogP contribution in [0, 0.1) is 10.1 Å². The number of hydrazone groups is 1. The molecular formula is C18H12Cl2N4O4S. The molecule has 0 spiro atoms. The normalized spacial score (nSPS) is 11.0. The number of hydrogen-bond donors (Lipinski definition) is 2. The summed E-state index contributed by atoms with van der Waals surface area (Å²) in [5, 5.41) is 18.5. The fourth-order valence-corrected chi connectivity index (χ4v) is 4.02. The largest absolute Gasteiger partial charge is 0.342 e. The van der Waals surface area contributed by atoms with E-state index in [-0.39, 0.29) is 22.8 Å². The van der Waals surface area contributed by atoms with E-state index in [1.54, 1.807) is 6.07 Å². The molecule has 2 N–H and O–H groups in total. The molecule has 0 unspecified atom stereocenters. The minimum Gasteiger partial charge on any atom is -0.342 e. The maximum Gasteiger partial charge on any atom is 0.278 e. The summed E-state index contributed by atoms with van der Waals surface area (Å²) in [6.45, 7) is -0.349. The Hall–Kier alpha value is -3.01. The van der Waals surface area contributed by atoms with Gasteiger partial charge in [-0.3, -0.25) is 19.7 Å². The molecule has 29 heavy (non-hydrogen) atoms. The smallest absolute Gasteiger partial charge is 0.278 e. The van der Waals surface area contributed by atoms with Crippen LogP contribution in [0.25, 0.3) is 10.1 Å². The zero-order valence-electron chi connectivity index (χ0n) is 14.5. The summed E-state index contributed by atoms with van der Waals surface area (Å²) in [5.74, 6) is -1.10. The zero-order valence-corrected chi connectivity index (χ0v) is 16.8. The van der Waals surface area contributed by atoms with Crippen molar-refractivity contribution in [2.45, 2.75) is 0 Å². The van der Waals surface area contributed by atoms with Crippen molar-refractivity contribution in [3.8, 4) is 0 Å². The number of nitro benzene ring substituents is 1. The predicted octanol–water partition coefficient (Wildman–Crippen LogP) is 4.00. The molecule has 3 rings (SSSR count). The summed E-state index contributed by atoms with van der Waals surface area (Å²) in [4.78, 5) is 34.9. The van der Waals surface area contributed by atoms with Crippen molar-refractivity contribution >= 4 is 68.3 Å². The van der Waals surface area contributed by atoms with Gasteiger partial charge in [-0.05, 0) is 18.2 Å². The molecule has 11 heteroatoms. The lowest BCUT2D eigenvalue weighted by atomic mass is 10.2. The summed E-state index contributed by atoms with van der Waals surface area (Å²) in [5.41, 5.74) is 2.11. The Kier molecular flexibility index (Phi) is 6.42. The van der Waals surface area contributed by atoms with Gasteiger partial charge in [0.2, 0.25) is 0 Å². The maximum absolute atomic E-state index is 12.3. The third-order valence-electron chi connectivity index (χ3n) is 3.73. The highest BCUT2D eigenvalue weighted by atomic mass is 35.5. The van der Waals surface area contributed by atoms with Crippen LogP contribution >= 0.6 is 34.5 Å². The van der Waals surface area contributed by atoms with Crippen molar-refractivity contribution in [2.75, 3.05) is 6.54 Å². The van der Waals surface area contributed by atoms with Gasteiger partial charge in [-0.15, -0.1) is 11.3 Å². The van der Waals surface area contributed by atoms with E-state index in [2.05, 4.69) is 15.8 Å². The number of rotatable bonds is 6. The number of fused-ring (bicyclic) bond motifs is 1. The molecule has 1 aromatic heterocycles. The van der Waals surface area contributed by atoms with E-state index >= 15 is 0 Å².